The van der Waals surface area contributed by atoms with Crippen LogP contribution in [-0.4, -0.2) is 82.3 Å². The van der Waals surface area contributed by atoms with Gasteiger partial charge < -0.3 is 28.3 Å². The molecule has 1 aliphatic rings. The van der Waals surface area contributed by atoms with Crippen molar-refractivity contribution < 1.29 is 45.1 Å². The molecule has 0 bridgehead atoms. The van der Waals surface area contributed by atoms with Crippen LogP contribution in [0.15, 0.2) is 177 Å². The van der Waals surface area contributed by atoms with Gasteiger partial charge in [0.15, 0.2) is 0 Å². The highest BCUT2D eigenvalue weighted by molar-refractivity contribution is 14.1. The molecule has 3 heterocycles. The van der Waals surface area contributed by atoms with E-state index < -0.39 is 38.4 Å². The lowest BCUT2D eigenvalue weighted by Crippen LogP contribution is -2.41. The molecule has 8 aromatic carbocycles. The Morgan fingerprint density at radius 3 is 1.48 bits per heavy atom. The van der Waals surface area contributed by atoms with Crippen LogP contribution in [0.2, 0.25) is 10.0 Å². The minimum Gasteiger partial charge on any atom is -0.497 e. The van der Waals surface area contributed by atoms with E-state index in [1.807, 2.05) is 107 Å². The van der Waals surface area contributed by atoms with Gasteiger partial charge in [-0.1, -0.05) is 93.7 Å². The normalized spacial score (nSPS) is 13.4. The summed E-state index contributed by atoms with van der Waals surface area (Å²) < 4.78 is 104. The molecular formula is C60H55BBr2Cl2I2N6O10S4. The van der Waals surface area contributed by atoms with Crippen LogP contribution >= 0.6 is 125 Å². The molecule has 87 heavy (non-hydrogen) atoms. The first-order valence-corrected chi connectivity index (χ1v) is 33.8. The fourth-order valence-corrected chi connectivity index (χ4v) is 15.3. The molecule has 2 aromatic heterocycles. The third kappa shape index (κ3) is 15.3. The Morgan fingerprint density at radius 2 is 1.03 bits per heavy atom. The lowest BCUT2D eigenvalue weighted by atomic mass is 9.76. The average molecular weight is 1640 g/mol. The number of halogens is 6. The average Bonchev–Trinajstić information content (AvgIpc) is 2.32. The van der Waals surface area contributed by atoms with Crippen LogP contribution in [0.25, 0.3) is 32.7 Å². The number of nitrogens with zero attached hydrogens (tertiary/aromatic N) is 6. The Hall–Kier alpha value is -4.92. The zero-order valence-corrected chi connectivity index (χ0v) is 60.1. The van der Waals surface area contributed by atoms with Crippen molar-refractivity contribution in [1.82, 2.24) is 18.7 Å². The minimum absolute atomic E-state index is 0. The van der Waals surface area contributed by atoms with Gasteiger partial charge in [0.1, 0.15) is 35.7 Å². The second-order valence-electron chi connectivity index (χ2n) is 20.0. The SMILES string of the molecule is COc1ccc(CN(c2ncns2)S(=O)(=O)c2ccc3c(-c4ccc(Cl)cc4Br)cccc3c2)c(OC)c1.COc1ccc(CN(c2ncns2)S(=O)(=O)c2ccc3c(B4OC(C)(C)C(C)(C)O4)cccc3c2)c(OC)c1.Clc1ccc(I)c(Br)c1.I. The quantitative estimate of drug-likeness (QED) is 0.0506. The lowest BCUT2D eigenvalue weighted by molar-refractivity contribution is 0.00578. The molecule has 0 saturated carbocycles. The zero-order chi connectivity index (χ0) is 61.7. The summed E-state index contributed by atoms with van der Waals surface area (Å²) in [4.78, 5) is 8.67. The Bertz CT molecular complexity index is 4300. The van der Waals surface area contributed by atoms with Crippen molar-refractivity contribution in [2.75, 3.05) is 37.0 Å². The second-order valence-corrected chi connectivity index (χ2v) is 29.0. The molecule has 0 N–H and O–H groups in total. The van der Waals surface area contributed by atoms with Crippen molar-refractivity contribution in [3.63, 3.8) is 0 Å². The number of benzene rings is 8. The molecule has 0 spiro atoms. The molecule has 0 radical (unpaired) electrons. The first-order valence-electron chi connectivity index (χ1n) is 26.0. The van der Waals surface area contributed by atoms with Gasteiger partial charge in [0, 0.05) is 68.9 Å². The number of ether oxygens (including phenoxy) is 4. The fraction of sp³-hybridized carbons (Fsp3) is 0.200. The molecule has 0 aliphatic carbocycles. The van der Waals surface area contributed by atoms with Gasteiger partial charge in [-0.25, -0.2) is 35.4 Å². The van der Waals surface area contributed by atoms with Gasteiger partial charge >= 0.3 is 7.12 Å². The van der Waals surface area contributed by atoms with E-state index in [2.05, 4.69) is 73.2 Å². The van der Waals surface area contributed by atoms with E-state index in [1.165, 1.54) is 39.1 Å². The van der Waals surface area contributed by atoms with Gasteiger partial charge in [-0.3, -0.25) is 0 Å². The standard InChI is InChI=1S/C27H30BN3O6S2.C27H21BrClN3O4S2.C6H3BrClI.HI/c1-26(2)27(3,4)37-28(36-26)23-9-7-8-18-14-21(12-13-22(18)23)39(32,33)31(25-29-17-30-38-25)16-19-10-11-20(34-5)15-24(19)35-6;1-35-20-8-6-18(26(14-20)36-2)15-32(27-30-16-31-37-27)38(33,34)21-9-11-22-17(12-21)4-3-5-23(22)24-10-7-19(29)13-25(24)28;7-5-3-4(8)1-2-6(5)9;/h7-15,17H,16H2,1-6H3;3-14,16H,15H2,1-2H3;1-3H;1H. The van der Waals surface area contributed by atoms with E-state index in [0.717, 1.165) is 75.2 Å². The minimum atomic E-state index is -4.03. The third-order valence-electron chi connectivity index (χ3n) is 14.3. The van der Waals surface area contributed by atoms with Crippen LogP contribution in [0, 0.1) is 3.57 Å². The van der Waals surface area contributed by atoms with E-state index in [0.29, 0.717) is 39.1 Å². The number of rotatable bonds is 16. The van der Waals surface area contributed by atoms with Crippen LogP contribution in [0.5, 0.6) is 23.0 Å². The van der Waals surface area contributed by atoms with Gasteiger partial charge in [0.2, 0.25) is 10.3 Å². The summed E-state index contributed by atoms with van der Waals surface area (Å²) in [5.74, 6) is 2.22. The maximum atomic E-state index is 14.1. The number of sulfonamides is 2. The van der Waals surface area contributed by atoms with Gasteiger partial charge in [-0.15, -0.1) is 24.0 Å². The van der Waals surface area contributed by atoms with Crippen LogP contribution < -0.4 is 33.0 Å². The summed E-state index contributed by atoms with van der Waals surface area (Å²) >= 11 is 23.0. The molecule has 10 aromatic rings. The predicted octanol–water partition coefficient (Wildman–Crippen LogP) is 15.9. The van der Waals surface area contributed by atoms with Gasteiger partial charge in [0.05, 0.1) is 62.5 Å². The third-order valence-corrected chi connectivity index (χ3v) is 22.8. The summed E-state index contributed by atoms with van der Waals surface area (Å²) in [6, 6.07) is 43.5. The lowest BCUT2D eigenvalue weighted by Gasteiger charge is -2.32. The van der Waals surface area contributed by atoms with Crippen LogP contribution in [0.3, 0.4) is 0 Å². The van der Waals surface area contributed by atoms with Gasteiger partial charge in [-0.2, -0.15) is 8.75 Å². The smallest absolute Gasteiger partial charge is 0.495 e. The topological polar surface area (TPSA) is 182 Å². The van der Waals surface area contributed by atoms with E-state index in [1.54, 1.807) is 80.9 Å². The number of fused-ring (bicyclic) bond motifs is 2. The zero-order valence-electron chi connectivity index (χ0n) is 47.7. The fourth-order valence-electron chi connectivity index (χ4n) is 9.05. The van der Waals surface area contributed by atoms with E-state index in [4.69, 9.17) is 51.5 Å². The molecule has 1 fully saturated rings. The van der Waals surface area contributed by atoms with Crippen molar-refractivity contribution >= 4 is 189 Å². The Kier molecular flexibility index (Phi) is 22.6. The maximum Gasteiger partial charge on any atom is 0.495 e. The molecule has 454 valence electrons. The first kappa shape index (κ1) is 68.0. The van der Waals surface area contributed by atoms with Crippen molar-refractivity contribution in [3.8, 4) is 34.1 Å². The molecule has 0 amide bonds. The molecule has 0 atom stereocenters. The highest BCUT2D eigenvalue weighted by Gasteiger charge is 2.52. The molecule has 0 unspecified atom stereocenters. The summed E-state index contributed by atoms with van der Waals surface area (Å²) in [6.45, 7) is 8.01. The molecule has 16 nitrogen and oxygen atoms in total. The second kappa shape index (κ2) is 28.9. The molecule has 27 heteroatoms. The largest absolute Gasteiger partial charge is 0.497 e. The van der Waals surface area contributed by atoms with Crippen molar-refractivity contribution in [2.24, 2.45) is 0 Å². The maximum absolute atomic E-state index is 14.1. The Labute approximate surface area is 571 Å². The molecule has 1 aliphatic heterocycles. The molecular weight excluding hydrogens is 1590 g/mol. The Morgan fingerprint density at radius 1 is 0.563 bits per heavy atom. The summed E-state index contributed by atoms with van der Waals surface area (Å²) in [7, 11) is -2.44. The first-order chi connectivity index (χ1) is 41.0. The van der Waals surface area contributed by atoms with Crippen LogP contribution in [-0.2, 0) is 42.4 Å². The Balaban J connectivity index is 0.000000195. The number of methoxy groups -OCH3 is 4. The van der Waals surface area contributed by atoms with Gasteiger partial charge in [-0.05, 0) is 183 Å². The summed E-state index contributed by atoms with van der Waals surface area (Å²) in [5.41, 5.74) is 3.08. The number of hydrogen-bond donors (Lipinski definition) is 0. The van der Waals surface area contributed by atoms with Crippen molar-refractivity contribution in [3.05, 3.63) is 192 Å². The van der Waals surface area contributed by atoms with E-state index in [9.17, 15) is 16.8 Å². The highest BCUT2D eigenvalue weighted by Crippen LogP contribution is 2.40. The van der Waals surface area contributed by atoms with E-state index >= 15 is 0 Å². The van der Waals surface area contributed by atoms with Crippen LogP contribution in [0.4, 0.5) is 10.3 Å². The summed E-state index contributed by atoms with van der Waals surface area (Å²) in [6.07, 6.45) is 2.68. The van der Waals surface area contributed by atoms with Crippen LogP contribution in [0.1, 0.15) is 38.8 Å². The van der Waals surface area contributed by atoms with Crippen molar-refractivity contribution in [2.45, 2.75) is 61.8 Å². The van der Waals surface area contributed by atoms with E-state index in [-0.39, 0.29) is 57.1 Å². The highest BCUT2D eigenvalue weighted by atomic mass is 127. The predicted molar refractivity (Wildman–Crippen MR) is 375 cm³/mol. The van der Waals surface area contributed by atoms with Crippen molar-refractivity contribution in [1.29, 1.82) is 0 Å². The summed E-state index contributed by atoms with van der Waals surface area (Å²) in [5, 5.41) is 5.19. The number of aromatic nitrogens is 4. The number of hydrogen-bond acceptors (Lipinski definition) is 16. The monoisotopic (exact) mass is 1640 g/mol. The molecule has 1 saturated heterocycles. The molecule has 11 rings (SSSR count). The van der Waals surface area contributed by atoms with Gasteiger partial charge in [0.25, 0.3) is 20.0 Å². The number of anilines is 2.